The number of nitrogens with zero attached hydrogens (tertiary/aromatic N) is 2. The Kier molecular flexibility index (Phi) is 7.69. The van der Waals surface area contributed by atoms with Gasteiger partial charge in [0.15, 0.2) is 5.96 Å². The molecule has 5 heteroatoms. The van der Waals surface area contributed by atoms with Gasteiger partial charge in [0.05, 0.1) is 0 Å². The number of nitrogens with one attached hydrogen (secondary N) is 2. The number of hydrogen-bond donors (Lipinski definition) is 2. The standard InChI is InChI=1S/C18H29ClN4/c1-15(14-23-11-5-6-12-23)13-22-18(20-2)21-10-9-16-7-3-4-8-17(16)19/h3-4,7-8,15H,5-6,9-14H2,1-2H3,(H2,20,21,22). The molecule has 1 saturated heterocycles. The van der Waals surface area contributed by atoms with Gasteiger partial charge in [0.1, 0.15) is 0 Å². The van der Waals surface area contributed by atoms with E-state index in [0.29, 0.717) is 5.92 Å². The molecule has 0 aliphatic carbocycles. The Hall–Kier alpha value is -1.26. The molecule has 0 amide bonds. The number of aliphatic imine (C=N–C) groups is 1. The second kappa shape index (κ2) is 9.78. The summed E-state index contributed by atoms with van der Waals surface area (Å²) in [5.41, 5.74) is 1.17. The van der Waals surface area contributed by atoms with Gasteiger partial charge in [0, 0.05) is 31.7 Å². The zero-order valence-electron chi connectivity index (χ0n) is 14.3. The molecule has 128 valence electrons. The molecule has 1 heterocycles. The maximum Gasteiger partial charge on any atom is 0.190 e. The van der Waals surface area contributed by atoms with E-state index >= 15 is 0 Å². The molecule has 1 aliphatic rings. The number of hydrogen-bond acceptors (Lipinski definition) is 2. The highest BCUT2D eigenvalue weighted by Gasteiger charge is 2.14. The van der Waals surface area contributed by atoms with Gasteiger partial charge >= 0.3 is 0 Å². The first-order valence-electron chi connectivity index (χ1n) is 8.59. The van der Waals surface area contributed by atoms with E-state index in [1.54, 1.807) is 0 Å². The molecule has 4 nitrogen and oxygen atoms in total. The van der Waals surface area contributed by atoms with Crippen molar-refractivity contribution in [1.82, 2.24) is 15.5 Å². The Morgan fingerprint density at radius 2 is 2.00 bits per heavy atom. The first kappa shape index (κ1) is 18.1. The van der Waals surface area contributed by atoms with Crippen molar-refractivity contribution in [1.29, 1.82) is 0 Å². The summed E-state index contributed by atoms with van der Waals surface area (Å²) in [5, 5.41) is 7.61. The molecule has 1 atom stereocenters. The number of halogens is 1. The van der Waals surface area contributed by atoms with Crippen LogP contribution in [0.15, 0.2) is 29.3 Å². The molecule has 0 bridgehead atoms. The second-order valence-electron chi connectivity index (χ2n) is 6.33. The molecular weight excluding hydrogens is 308 g/mol. The molecule has 1 unspecified atom stereocenters. The zero-order valence-corrected chi connectivity index (χ0v) is 15.1. The Balaban J connectivity index is 1.66. The van der Waals surface area contributed by atoms with E-state index < -0.39 is 0 Å². The predicted octanol–water partition coefficient (Wildman–Crippen LogP) is 2.78. The van der Waals surface area contributed by atoms with Crippen molar-refractivity contribution in [2.45, 2.75) is 26.2 Å². The van der Waals surface area contributed by atoms with Gasteiger partial charge in [-0.25, -0.2) is 0 Å². The predicted molar refractivity (Wildman–Crippen MR) is 99.4 cm³/mol. The van der Waals surface area contributed by atoms with E-state index in [4.69, 9.17) is 11.6 Å². The lowest BCUT2D eigenvalue weighted by Gasteiger charge is -2.21. The molecule has 2 rings (SSSR count). The minimum absolute atomic E-state index is 0.621. The summed E-state index contributed by atoms with van der Waals surface area (Å²) in [6, 6.07) is 7.98. The third-order valence-corrected chi connectivity index (χ3v) is 4.62. The van der Waals surface area contributed by atoms with E-state index in [2.05, 4.69) is 33.5 Å². The quantitative estimate of drug-likeness (QED) is 0.594. The summed E-state index contributed by atoms with van der Waals surface area (Å²) in [5.74, 6) is 1.49. The van der Waals surface area contributed by atoms with Gasteiger partial charge in [-0.2, -0.15) is 0 Å². The zero-order chi connectivity index (χ0) is 16.5. The molecule has 2 N–H and O–H groups in total. The number of rotatable bonds is 7. The van der Waals surface area contributed by atoms with Gasteiger partial charge in [0.25, 0.3) is 0 Å². The van der Waals surface area contributed by atoms with Crippen LogP contribution in [-0.4, -0.2) is 50.6 Å². The highest BCUT2D eigenvalue weighted by molar-refractivity contribution is 6.31. The minimum atomic E-state index is 0.621. The van der Waals surface area contributed by atoms with Gasteiger partial charge in [0.2, 0.25) is 0 Å². The first-order valence-corrected chi connectivity index (χ1v) is 8.97. The molecule has 0 aromatic heterocycles. The fourth-order valence-corrected chi connectivity index (χ4v) is 3.21. The highest BCUT2D eigenvalue weighted by atomic mass is 35.5. The average Bonchev–Trinajstić information content (AvgIpc) is 3.05. The van der Waals surface area contributed by atoms with Gasteiger partial charge < -0.3 is 15.5 Å². The largest absolute Gasteiger partial charge is 0.356 e. The van der Waals surface area contributed by atoms with Gasteiger partial charge in [-0.3, -0.25) is 4.99 Å². The van der Waals surface area contributed by atoms with Gasteiger partial charge in [-0.15, -0.1) is 0 Å². The molecule has 1 aliphatic heterocycles. The van der Waals surface area contributed by atoms with Crippen molar-refractivity contribution in [2.75, 3.05) is 39.8 Å². The summed E-state index contributed by atoms with van der Waals surface area (Å²) in [4.78, 5) is 6.85. The molecule has 1 fully saturated rings. The SMILES string of the molecule is CN=C(NCCc1ccccc1Cl)NCC(C)CN1CCCC1. The van der Waals surface area contributed by atoms with E-state index in [1.165, 1.54) is 38.0 Å². The van der Waals surface area contributed by atoms with E-state index in [0.717, 1.165) is 30.5 Å². The molecule has 1 aromatic carbocycles. The van der Waals surface area contributed by atoms with Crippen LogP contribution < -0.4 is 10.6 Å². The summed E-state index contributed by atoms with van der Waals surface area (Å²) < 4.78 is 0. The normalized spacial score (nSPS) is 17.3. The van der Waals surface area contributed by atoms with Crippen molar-refractivity contribution < 1.29 is 0 Å². The maximum atomic E-state index is 6.18. The number of benzene rings is 1. The van der Waals surface area contributed by atoms with Crippen LogP contribution in [0.2, 0.25) is 5.02 Å². The Labute approximate surface area is 145 Å². The summed E-state index contributed by atoms with van der Waals surface area (Å²) in [6.07, 6.45) is 3.60. The number of likely N-dealkylation sites (tertiary alicyclic amines) is 1. The van der Waals surface area contributed by atoms with E-state index in [9.17, 15) is 0 Å². The van der Waals surface area contributed by atoms with E-state index in [-0.39, 0.29) is 0 Å². The second-order valence-corrected chi connectivity index (χ2v) is 6.74. The van der Waals surface area contributed by atoms with Crippen molar-refractivity contribution in [2.24, 2.45) is 10.9 Å². The van der Waals surface area contributed by atoms with E-state index in [1.807, 2.05) is 25.2 Å². The average molecular weight is 337 g/mol. The van der Waals surface area contributed by atoms with Crippen molar-refractivity contribution in [3.63, 3.8) is 0 Å². The van der Waals surface area contributed by atoms with Crippen LogP contribution >= 0.6 is 11.6 Å². The van der Waals surface area contributed by atoms with Gasteiger partial charge in [-0.1, -0.05) is 36.7 Å². The summed E-state index contributed by atoms with van der Waals surface area (Å²) in [7, 11) is 1.82. The molecule has 23 heavy (non-hydrogen) atoms. The maximum absolute atomic E-state index is 6.18. The molecule has 0 radical (unpaired) electrons. The van der Waals surface area contributed by atoms with Crippen LogP contribution in [0.3, 0.4) is 0 Å². The molecule has 0 spiro atoms. The third-order valence-electron chi connectivity index (χ3n) is 4.25. The summed E-state index contributed by atoms with van der Waals surface area (Å²) in [6.45, 7) is 7.75. The topological polar surface area (TPSA) is 39.7 Å². The minimum Gasteiger partial charge on any atom is -0.356 e. The smallest absolute Gasteiger partial charge is 0.190 e. The van der Waals surface area contributed by atoms with Crippen molar-refractivity contribution >= 4 is 17.6 Å². The van der Waals surface area contributed by atoms with Crippen molar-refractivity contribution in [3.8, 4) is 0 Å². The van der Waals surface area contributed by atoms with Crippen LogP contribution in [0, 0.1) is 5.92 Å². The lowest BCUT2D eigenvalue weighted by atomic mass is 10.1. The van der Waals surface area contributed by atoms with Gasteiger partial charge in [-0.05, 0) is 49.9 Å². The monoisotopic (exact) mass is 336 g/mol. The fourth-order valence-electron chi connectivity index (χ4n) is 2.98. The van der Waals surface area contributed by atoms with Crippen LogP contribution in [0.25, 0.3) is 0 Å². The Bertz CT molecular complexity index is 498. The van der Waals surface area contributed by atoms with Crippen molar-refractivity contribution in [3.05, 3.63) is 34.9 Å². The summed E-state index contributed by atoms with van der Waals surface area (Å²) >= 11 is 6.18. The van der Waals surface area contributed by atoms with Crippen LogP contribution in [0.1, 0.15) is 25.3 Å². The fraction of sp³-hybridized carbons (Fsp3) is 0.611. The van der Waals surface area contributed by atoms with Crippen LogP contribution in [0.5, 0.6) is 0 Å². The molecule has 1 aromatic rings. The Morgan fingerprint density at radius 1 is 1.26 bits per heavy atom. The van der Waals surface area contributed by atoms with Crippen LogP contribution in [0.4, 0.5) is 0 Å². The molecular formula is C18H29ClN4. The molecule has 0 saturated carbocycles. The lowest BCUT2D eigenvalue weighted by Crippen LogP contribution is -2.42. The highest BCUT2D eigenvalue weighted by Crippen LogP contribution is 2.14. The van der Waals surface area contributed by atoms with Crippen LogP contribution in [-0.2, 0) is 6.42 Å². The Morgan fingerprint density at radius 3 is 2.70 bits per heavy atom. The third kappa shape index (κ3) is 6.40. The lowest BCUT2D eigenvalue weighted by molar-refractivity contribution is 0.287. The first-order chi connectivity index (χ1) is 11.2. The number of guanidine groups is 1.